The summed E-state index contributed by atoms with van der Waals surface area (Å²) in [4.78, 5) is 11.6. The van der Waals surface area contributed by atoms with Crippen LogP contribution in [0.1, 0.15) is 39.5 Å². The predicted octanol–water partition coefficient (Wildman–Crippen LogP) is 1.99. The fourth-order valence-corrected chi connectivity index (χ4v) is 1.82. The molecule has 76 valence electrons. The molecule has 0 aromatic rings. The Hall–Kier alpha value is -0.370. The van der Waals surface area contributed by atoms with Crippen molar-refractivity contribution in [1.82, 2.24) is 5.32 Å². The first-order valence-corrected chi connectivity index (χ1v) is 5.43. The highest BCUT2D eigenvalue weighted by Gasteiger charge is 2.21. The van der Waals surface area contributed by atoms with Crippen LogP contribution < -0.4 is 5.32 Å². The van der Waals surface area contributed by atoms with Gasteiger partial charge in [-0.15, -0.1) is 0 Å². The number of hydrogen-bond acceptors (Lipinski definition) is 2. The molecule has 0 aliphatic carbocycles. The van der Waals surface area contributed by atoms with Crippen LogP contribution in [-0.4, -0.2) is 18.9 Å². The van der Waals surface area contributed by atoms with Gasteiger partial charge in [-0.25, -0.2) is 0 Å². The Labute approximate surface area is 81.1 Å². The van der Waals surface area contributed by atoms with E-state index in [1.165, 1.54) is 6.42 Å². The molecular weight excluding hydrogens is 162 g/mol. The van der Waals surface area contributed by atoms with E-state index >= 15 is 0 Å². The van der Waals surface area contributed by atoms with Gasteiger partial charge in [-0.1, -0.05) is 20.3 Å². The van der Waals surface area contributed by atoms with E-state index in [0.717, 1.165) is 38.3 Å². The molecule has 0 saturated carbocycles. The summed E-state index contributed by atoms with van der Waals surface area (Å²) < 4.78 is 0. The molecular formula is C11H21NO. The first-order valence-electron chi connectivity index (χ1n) is 5.43. The number of rotatable bonds is 5. The van der Waals surface area contributed by atoms with Crippen molar-refractivity contribution in [3.05, 3.63) is 0 Å². The highest BCUT2D eigenvalue weighted by Crippen LogP contribution is 2.14. The van der Waals surface area contributed by atoms with Crippen LogP contribution in [0.3, 0.4) is 0 Å². The minimum atomic E-state index is 0.326. The summed E-state index contributed by atoms with van der Waals surface area (Å²) in [6, 6.07) is 0. The Morgan fingerprint density at radius 3 is 2.85 bits per heavy atom. The summed E-state index contributed by atoms with van der Waals surface area (Å²) in [7, 11) is 0. The lowest BCUT2D eigenvalue weighted by Crippen LogP contribution is -2.17. The van der Waals surface area contributed by atoms with Gasteiger partial charge in [-0.05, 0) is 25.3 Å². The van der Waals surface area contributed by atoms with Gasteiger partial charge in [0.15, 0.2) is 0 Å². The molecule has 1 aliphatic rings. The van der Waals surface area contributed by atoms with Crippen molar-refractivity contribution in [3.8, 4) is 0 Å². The van der Waals surface area contributed by atoms with Crippen LogP contribution in [0.25, 0.3) is 0 Å². The minimum absolute atomic E-state index is 0.326. The van der Waals surface area contributed by atoms with Crippen LogP contribution in [0.2, 0.25) is 0 Å². The van der Waals surface area contributed by atoms with Crippen molar-refractivity contribution in [1.29, 1.82) is 0 Å². The average Bonchev–Trinajstić information content (AvgIpc) is 2.55. The van der Waals surface area contributed by atoms with Crippen molar-refractivity contribution in [2.45, 2.75) is 39.5 Å². The second-order valence-electron chi connectivity index (χ2n) is 4.44. The lowest BCUT2D eigenvalue weighted by Gasteiger charge is -2.07. The zero-order valence-electron chi connectivity index (χ0n) is 8.81. The number of ketones is 1. The van der Waals surface area contributed by atoms with Gasteiger partial charge in [0.25, 0.3) is 0 Å². The molecule has 0 amide bonds. The number of carbonyl (C=O) groups excluding carboxylic acids is 1. The van der Waals surface area contributed by atoms with Crippen molar-refractivity contribution in [3.63, 3.8) is 0 Å². The maximum Gasteiger partial charge on any atom is 0.137 e. The molecule has 2 nitrogen and oxygen atoms in total. The van der Waals surface area contributed by atoms with Crippen LogP contribution in [0.15, 0.2) is 0 Å². The maximum atomic E-state index is 11.6. The lowest BCUT2D eigenvalue weighted by molar-refractivity contribution is -0.122. The molecule has 2 heteroatoms. The van der Waals surface area contributed by atoms with Gasteiger partial charge >= 0.3 is 0 Å². The summed E-state index contributed by atoms with van der Waals surface area (Å²) in [5.41, 5.74) is 0. The van der Waals surface area contributed by atoms with Crippen molar-refractivity contribution in [2.75, 3.05) is 13.1 Å². The second kappa shape index (κ2) is 5.38. The molecule has 1 rings (SSSR count). The number of nitrogens with one attached hydrogen (secondary N) is 1. The lowest BCUT2D eigenvalue weighted by atomic mass is 9.97. The van der Waals surface area contributed by atoms with Crippen molar-refractivity contribution < 1.29 is 4.79 Å². The summed E-state index contributed by atoms with van der Waals surface area (Å²) in [5, 5.41) is 3.23. The van der Waals surface area contributed by atoms with E-state index in [0.29, 0.717) is 11.7 Å². The van der Waals surface area contributed by atoms with Gasteiger partial charge in [0.2, 0.25) is 0 Å². The fraction of sp³-hybridized carbons (Fsp3) is 0.909. The average molecular weight is 183 g/mol. The van der Waals surface area contributed by atoms with Gasteiger partial charge in [-0.2, -0.15) is 0 Å². The van der Waals surface area contributed by atoms with Gasteiger partial charge in [0.1, 0.15) is 5.78 Å². The molecule has 1 N–H and O–H groups in total. The summed E-state index contributed by atoms with van der Waals surface area (Å²) >= 11 is 0. The SMILES string of the molecule is CC(C)CCCC(=O)C1CCNC1. The molecule has 0 radical (unpaired) electrons. The molecule has 0 spiro atoms. The molecule has 0 aromatic carbocycles. The second-order valence-corrected chi connectivity index (χ2v) is 4.44. The van der Waals surface area contributed by atoms with Gasteiger partial charge < -0.3 is 5.32 Å². The first kappa shape index (κ1) is 10.7. The Morgan fingerprint density at radius 2 is 2.31 bits per heavy atom. The third kappa shape index (κ3) is 3.90. The van der Waals surface area contributed by atoms with E-state index in [9.17, 15) is 4.79 Å². The van der Waals surface area contributed by atoms with Crippen LogP contribution in [0, 0.1) is 11.8 Å². The van der Waals surface area contributed by atoms with Crippen molar-refractivity contribution >= 4 is 5.78 Å². The van der Waals surface area contributed by atoms with Crippen LogP contribution in [-0.2, 0) is 4.79 Å². The Morgan fingerprint density at radius 1 is 1.54 bits per heavy atom. The quantitative estimate of drug-likeness (QED) is 0.706. The van der Waals surface area contributed by atoms with Gasteiger partial charge in [0.05, 0.1) is 0 Å². The molecule has 1 aliphatic heterocycles. The summed E-state index contributed by atoms with van der Waals surface area (Å²) in [6.07, 6.45) is 4.12. The summed E-state index contributed by atoms with van der Waals surface area (Å²) in [6.45, 7) is 6.37. The Kier molecular flexibility index (Phi) is 4.43. The monoisotopic (exact) mass is 183 g/mol. The highest BCUT2D eigenvalue weighted by atomic mass is 16.1. The van der Waals surface area contributed by atoms with E-state index in [2.05, 4.69) is 19.2 Å². The van der Waals surface area contributed by atoms with Gasteiger partial charge in [-0.3, -0.25) is 4.79 Å². The van der Waals surface area contributed by atoms with Crippen molar-refractivity contribution in [2.24, 2.45) is 11.8 Å². The Bertz CT molecular complexity index is 159. The predicted molar refractivity (Wildman–Crippen MR) is 54.7 cm³/mol. The first-order chi connectivity index (χ1) is 6.20. The molecule has 13 heavy (non-hydrogen) atoms. The fourth-order valence-electron chi connectivity index (χ4n) is 1.82. The largest absolute Gasteiger partial charge is 0.316 e. The number of Topliss-reactive ketones (excluding diaryl/α,β-unsaturated/α-hetero) is 1. The number of hydrogen-bond donors (Lipinski definition) is 1. The van der Waals surface area contributed by atoms with Crippen LogP contribution in [0.4, 0.5) is 0 Å². The van der Waals surface area contributed by atoms with E-state index in [-0.39, 0.29) is 0 Å². The van der Waals surface area contributed by atoms with Gasteiger partial charge in [0, 0.05) is 18.9 Å². The zero-order valence-corrected chi connectivity index (χ0v) is 8.81. The molecule has 0 aromatic heterocycles. The minimum Gasteiger partial charge on any atom is -0.316 e. The molecule has 1 atom stereocenters. The maximum absolute atomic E-state index is 11.6. The third-order valence-electron chi connectivity index (χ3n) is 2.72. The van der Waals surface area contributed by atoms with E-state index in [1.54, 1.807) is 0 Å². The van der Waals surface area contributed by atoms with E-state index in [1.807, 2.05) is 0 Å². The molecule has 1 unspecified atom stereocenters. The highest BCUT2D eigenvalue weighted by molar-refractivity contribution is 5.81. The third-order valence-corrected chi connectivity index (χ3v) is 2.72. The standard InChI is InChI=1S/C11H21NO/c1-9(2)4-3-5-11(13)10-6-7-12-8-10/h9-10,12H,3-8H2,1-2H3. The van der Waals surface area contributed by atoms with E-state index in [4.69, 9.17) is 0 Å². The van der Waals surface area contributed by atoms with Crippen LogP contribution in [0.5, 0.6) is 0 Å². The Balaban J connectivity index is 2.10. The molecule has 1 heterocycles. The molecule has 1 fully saturated rings. The van der Waals surface area contributed by atoms with E-state index < -0.39 is 0 Å². The summed E-state index contributed by atoms with van der Waals surface area (Å²) in [5.74, 6) is 1.53. The zero-order chi connectivity index (χ0) is 9.68. The number of carbonyl (C=O) groups is 1. The molecule has 1 saturated heterocycles. The van der Waals surface area contributed by atoms with Crippen LogP contribution >= 0.6 is 0 Å². The normalized spacial score (nSPS) is 22.5. The molecule has 0 bridgehead atoms. The topological polar surface area (TPSA) is 29.1 Å². The smallest absolute Gasteiger partial charge is 0.137 e.